The molecule has 1 saturated heterocycles. The fraction of sp³-hybridized carbons (Fsp3) is 0.281. The number of nitriles is 1. The maximum atomic E-state index is 15.5. The molecule has 2 aromatic carbocycles. The Morgan fingerprint density at radius 2 is 1.98 bits per heavy atom. The Kier molecular flexibility index (Phi) is 9.57. The summed E-state index contributed by atoms with van der Waals surface area (Å²) in [5.41, 5.74) is 2.00. The second kappa shape index (κ2) is 13.7. The lowest BCUT2D eigenvalue weighted by molar-refractivity contribution is -0.0589. The van der Waals surface area contributed by atoms with Gasteiger partial charge in [-0.1, -0.05) is 19.9 Å². The zero-order valence-electron chi connectivity index (χ0n) is 24.3. The van der Waals surface area contributed by atoms with Crippen molar-refractivity contribution in [3.8, 4) is 23.2 Å². The minimum Gasteiger partial charge on any atom is -0.472 e. The van der Waals surface area contributed by atoms with Crippen molar-refractivity contribution in [2.75, 3.05) is 13.7 Å². The van der Waals surface area contributed by atoms with Crippen LogP contribution >= 0.6 is 11.3 Å². The van der Waals surface area contributed by atoms with Gasteiger partial charge in [0.1, 0.15) is 30.1 Å². The van der Waals surface area contributed by atoms with Crippen molar-refractivity contribution >= 4 is 28.3 Å². The molecule has 0 bridgehead atoms. The monoisotopic (exact) mass is 617 g/mol. The molecule has 1 fully saturated rings. The smallest absolute Gasteiger partial charge is 0.337 e. The van der Waals surface area contributed by atoms with Gasteiger partial charge in [-0.2, -0.15) is 5.26 Å². The summed E-state index contributed by atoms with van der Waals surface area (Å²) in [7, 11) is 1.31. The topological polar surface area (TPSA) is 112 Å². The summed E-state index contributed by atoms with van der Waals surface area (Å²) in [6.07, 6.45) is 2.41. The van der Waals surface area contributed by atoms with Crippen molar-refractivity contribution in [2.45, 2.75) is 45.9 Å². The van der Waals surface area contributed by atoms with E-state index < -0.39 is 17.6 Å². The highest BCUT2D eigenvalue weighted by molar-refractivity contribution is 7.12. The Hall–Kier alpha value is -4.73. The van der Waals surface area contributed by atoms with Crippen LogP contribution in [0.15, 0.2) is 54.7 Å². The molecule has 0 aliphatic carbocycles. The van der Waals surface area contributed by atoms with Crippen LogP contribution in [0.3, 0.4) is 0 Å². The Morgan fingerprint density at radius 1 is 1.16 bits per heavy atom. The molecule has 3 aromatic heterocycles. The predicted molar refractivity (Wildman–Crippen MR) is 160 cm³/mol. The van der Waals surface area contributed by atoms with Gasteiger partial charge in [-0.25, -0.2) is 28.5 Å². The normalized spacial score (nSPS) is 13.9. The zero-order valence-corrected chi connectivity index (χ0v) is 25.2. The van der Waals surface area contributed by atoms with Crippen LogP contribution in [0.25, 0.3) is 22.3 Å². The lowest BCUT2D eigenvalue weighted by Gasteiger charge is -2.27. The molecular formula is C32H29F2N5O4S. The van der Waals surface area contributed by atoms with E-state index >= 15 is 8.78 Å². The van der Waals surface area contributed by atoms with E-state index in [0.29, 0.717) is 40.6 Å². The maximum Gasteiger partial charge on any atom is 0.337 e. The van der Waals surface area contributed by atoms with Gasteiger partial charge in [0.2, 0.25) is 5.88 Å². The van der Waals surface area contributed by atoms with E-state index in [-0.39, 0.29) is 41.8 Å². The molecular weight excluding hydrogens is 588 g/mol. The van der Waals surface area contributed by atoms with E-state index in [1.54, 1.807) is 42.6 Å². The second-order valence-electron chi connectivity index (χ2n) is 9.61. The Balaban J connectivity index is 0.00000188. The van der Waals surface area contributed by atoms with Crippen LogP contribution in [-0.2, 0) is 29.0 Å². The van der Waals surface area contributed by atoms with Crippen molar-refractivity contribution in [2.24, 2.45) is 0 Å². The lowest BCUT2D eigenvalue weighted by Crippen LogP contribution is -2.31. The number of fused-ring (bicyclic) bond motifs is 1. The number of esters is 1. The number of halogens is 2. The fourth-order valence-corrected chi connectivity index (χ4v) is 5.32. The lowest BCUT2D eigenvalue weighted by atomic mass is 10.0. The number of carbonyl (C=O) groups excluding carboxylic acids is 1. The highest BCUT2D eigenvalue weighted by atomic mass is 32.1. The molecule has 226 valence electrons. The Morgan fingerprint density at radius 3 is 2.68 bits per heavy atom. The molecule has 1 unspecified atom stereocenters. The average Bonchev–Trinajstić information content (AvgIpc) is 3.63. The number of ether oxygens (including phenoxy) is 3. The summed E-state index contributed by atoms with van der Waals surface area (Å²) in [5.74, 6) is -0.988. The molecule has 12 heteroatoms. The predicted octanol–water partition coefficient (Wildman–Crippen LogP) is 6.48. The Bertz CT molecular complexity index is 1840. The number of nitrogens with zero attached hydrogens (tertiary/aromatic N) is 5. The maximum absolute atomic E-state index is 15.5. The summed E-state index contributed by atoms with van der Waals surface area (Å²) in [5, 5.41) is 9.26. The van der Waals surface area contributed by atoms with Crippen molar-refractivity contribution in [3.63, 3.8) is 0 Å². The van der Waals surface area contributed by atoms with Gasteiger partial charge in [-0.3, -0.25) is 0 Å². The van der Waals surface area contributed by atoms with Crippen LogP contribution in [-0.4, -0.2) is 45.3 Å². The first kappa shape index (κ1) is 30.7. The molecule has 5 aromatic rings. The van der Waals surface area contributed by atoms with Gasteiger partial charge in [0, 0.05) is 30.9 Å². The molecule has 0 radical (unpaired) electrons. The van der Waals surface area contributed by atoms with E-state index in [4.69, 9.17) is 19.5 Å². The number of pyridine rings is 1. The first-order valence-electron chi connectivity index (χ1n) is 14.0. The van der Waals surface area contributed by atoms with E-state index in [2.05, 4.69) is 15.0 Å². The van der Waals surface area contributed by atoms with Gasteiger partial charge in [0.15, 0.2) is 5.01 Å². The van der Waals surface area contributed by atoms with Crippen molar-refractivity contribution in [1.82, 2.24) is 19.5 Å². The molecule has 6 rings (SSSR count). The quantitative estimate of drug-likeness (QED) is 0.173. The number of rotatable bonds is 9. The molecule has 4 heterocycles. The largest absolute Gasteiger partial charge is 0.472 e. The standard InChI is InChI=1S/C30H23F2N5O4S.C2H6/c1-39-30(38)17-5-6-25-26(10-17)37(15-19-7-8-40-19)27(35-25)11-18-9-23(32)21(12-22(18)31)24-3-2-4-28(36-24)41-16-20-14-34-29(13-33)42-20;1-2/h2-6,9-10,12,14,19H,7-8,11,15-16H2,1H3;1-2H3. The molecule has 0 N–H and O–H groups in total. The van der Waals surface area contributed by atoms with Crippen LogP contribution in [0.5, 0.6) is 5.88 Å². The fourth-order valence-electron chi connectivity index (χ4n) is 4.69. The number of hydrogen-bond donors (Lipinski definition) is 0. The van der Waals surface area contributed by atoms with Crippen LogP contribution < -0.4 is 4.74 Å². The summed E-state index contributed by atoms with van der Waals surface area (Å²) in [6.45, 7) is 5.27. The number of thiazole rings is 1. The van der Waals surface area contributed by atoms with Crippen LogP contribution in [0.2, 0.25) is 0 Å². The average molecular weight is 618 g/mol. The number of methoxy groups -OCH3 is 1. The third-order valence-corrected chi connectivity index (χ3v) is 7.80. The van der Waals surface area contributed by atoms with Crippen molar-refractivity contribution < 1.29 is 27.8 Å². The summed E-state index contributed by atoms with van der Waals surface area (Å²) >= 11 is 1.20. The Labute approximate surface area is 256 Å². The number of imidazole rings is 1. The minimum atomic E-state index is -0.643. The SMILES string of the molecule is CC.COC(=O)c1ccc2nc(Cc3cc(F)c(-c4cccc(OCc5cnc(C#N)s5)n4)cc3F)n(CC3CCO3)c2c1. The van der Waals surface area contributed by atoms with Gasteiger partial charge in [-0.15, -0.1) is 11.3 Å². The molecule has 1 aliphatic heterocycles. The molecule has 9 nitrogen and oxygen atoms in total. The third-order valence-electron chi connectivity index (χ3n) is 6.92. The van der Waals surface area contributed by atoms with E-state index in [0.717, 1.165) is 23.4 Å². The van der Waals surface area contributed by atoms with Gasteiger partial charge >= 0.3 is 5.97 Å². The molecule has 1 aliphatic rings. The second-order valence-corrected chi connectivity index (χ2v) is 10.7. The molecule has 0 saturated carbocycles. The summed E-state index contributed by atoms with van der Waals surface area (Å²) in [6, 6.07) is 14.1. The van der Waals surface area contributed by atoms with Gasteiger partial charge in [0.05, 0.1) is 46.9 Å². The molecule has 0 spiro atoms. The van der Waals surface area contributed by atoms with Crippen LogP contribution in [0.4, 0.5) is 8.78 Å². The molecule has 0 amide bonds. The third kappa shape index (κ3) is 6.59. The molecule has 44 heavy (non-hydrogen) atoms. The van der Waals surface area contributed by atoms with E-state index in [9.17, 15) is 4.79 Å². The number of aromatic nitrogens is 4. The number of benzene rings is 2. The van der Waals surface area contributed by atoms with Crippen LogP contribution in [0.1, 0.15) is 51.9 Å². The van der Waals surface area contributed by atoms with Crippen molar-refractivity contribution in [3.05, 3.63) is 93.2 Å². The highest BCUT2D eigenvalue weighted by Gasteiger charge is 2.24. The van der Waals surface area contributed by atoms with Crippen LogP contribution in [0, 0.1) is 23.0 Å². The van der Waals surface area contributed by atoms with Gasteiger partial charge < -0.3 is 18.8 Å². The molecule has 1 atom stereocenters. The number of carbonyl (C=O) groups is 1. The highest BCUT2D eigenvalue weighted by Crippen LogP contribution is 2.29. The van der Waals surface area contributed by atoms with Gasteiger partial charge in [-0.05, 0) is 48.4 Å². The first-order chi connectivity index (χ1) is 21.4. The van der Waals surface area contributed by atoms with E-state index in [1.807, 2.05) is 24.5 Å². The van der Waals surface area contributed by atoms with E-state index in [1.165, 1.54) is 18.4 Å². The number of hydrogen-bond acceptors (Lipinski definition) is 9. The summed E-state index contributed by atoms with van der Waals surface area (Å²) < 4.78 is 48.9. The first-order valence-corrected chi connectivity index (χ1v) is 14.9. The van der Waals surface area contributed by atoms with Crippen molar-refractivity contribution in [1.29, 1.82) is 5.26 Å². The zero-order chi connectivity index (χ0) is 31.2. The minimum absolute atomic E-state index is 0.00894. The van der Waals surface area contributed by atoms with Gasteiger partial charge in [0.25, 0.3) is 0 Å². The summed E-state index contributed by atoms with van der Waals surface area (Å²) in [4.78, 5) is 25.8.